The lowest BCUT2D eigenvalue weighted by atomic mass is 10.1. The van der Waals surface area contributed by atoms with Crippen LogP contribution in [-0.2, 0) is 6.42 Å². The number of nitrogens with one attached hydrogen (secondary N) is 1. The molecule has 0 unspecified atom stereocenters. The van der Waals surface area contributed by atoms with E-state index in [1.165, 1.54) is 0 Å². The molecule has 0 fully saturated rings. The van der Waals surface area contributed by atoms with E-state index < -0.39 is 0 Å². The fourth-order valence-corrected chi connectivity index (χ4v) is 2.57. The van der Waals surface area contributed by atoms with E-state index in [1.54, 1.807) is 0 Å². The van der Waals surface area contributed by atoms with Gasteiger partial charge in [0.2, 0.25) is 0 Å². The van der Waals surface area contributed by atoms with E-state index in [1.807, 2.05) is 54.6 Å². The van der Waals surface area contributed by atoms with Crippen molar-refractivity contribution >= 4 is 22.6 Å². The van der Waals surface area contributed by atoms with Crippen LogP contribution in [0.5, 0.6) is 0 Å². The van der Waals surface area contributed by atoms with Crippen LogP contribution in [-0.4, -0.2) is 5.91 Å². The van der Waals surface area contributed by atoms with E-state index in [2.05, 4.69) is 12.2 Å². The Morgan fingerprint density at radius 1 is 1.05 bits per heavy atom. The van der Waals surface area contributed by atoms with Crippen LogP contribution in [0.4, 0.5) is 5.69 Å². The molecule has 1 aromatic heterocycles. The fraction of sp³-hybridized carbons (Fsp3) is 0.211. The molecule has 0 radical (unpaired) electrons. The number of fused-ring (bicyclic) bond motifs is 1. The fourth-order valence-electron chi connectivity index (χ4n) is 2.57. The third-order valence-corrected chi connectivity index (χ3v) is 3.68. The number of carbonyl (C=O) groups is 1. The van der Waals surface area contributed by atoms with Gasteiger partial charge >= 0.3 is 0 Å². The quantitative estimate of drug-likeness (QED) is 0.717. The Bertz CT molecular complexity index is 774. The van der Waals surface area contributed by atoms with Crippen molar-refractivity contribution in [3.8, 4) is 0 Å². The first-order valence-corrected chi connectivity index (χ1v) is 7.66. The number of aryl methyl sites for hydroxylation is 1. The Kier molecular flexibility index (Phi) is 4.24. The second-order valence-corrected chi connectivity index (χ2v) is 5.32. The summed E-state index contributed by atoms with van der Waals surface area (Å²) in [5, 5.41) is 3.83. The van der Waals surface area contributed by atoms with Gasteiger partial charge in [0.15, 0.2) is 0 Å². The van der Waals surface area contributed by atoms with Gasteiger partial charge in [-0.05, 0) is 24.6 Å². The molecule has 1 heterocycles. The lowest BCUT2D eigenvalue weighted by molar-refractivity contribution is 0.102. The number of para-hydroxylation sites is 2. The first kappa shape index (κ1) is 14.4. The van der Waals surface area contributed by atoms with Crippen LogP contribution in [0.3, 0.4) is 0 Å². The molecule has 3 rings (SSSR count). The van der Waals surface area contributed by atoms with E-state index in [4.69, 9.17) is 4.42 Å². The smallest absolute Gasteiger partial charge is 0.259 e. The summed E-state index contributed by atoms with van der Waals surface area (Å²) in [4.78, 5) is 12.7. The van der Waals surface area contributed by atoms with Gasteiger partial charge in [0, 0.05) is 17.5 Å². The molecule has 0 saturated carbocycles. The minimum Gasteiger partial charge on any atom is -0.460 e. The normalized spacial score (nSPS) is 10.8. The summed E-state index contributed by atoms with van der Waals surface area (Å²) in [5.41, 5.74) is 2.22. The molecular weight excluding hydrogens is 274 g/mol. The highest BCUT2D eigenvalue weighted by molar-refractivity contribution is 6.13. The maximum atomic E-state index is 12.7. The molecule has 0 spiro atoms. The number of rotatable bonds is 5. The van der Waals surface area contributed by atoms with Crippen LogP contribution in [0.25, 0.3) is 11.0 Å². The monoisotopic (exact) mass is 293 g/mol. The Hall–Kier alpha value is -2.55. The number of hydrogen-bond donors (Lipinski definition) is 1. The van der Waals surface area contributed by atoms with E-state index in [0.717, 1.165) is 41.7 Å². The largest absolute Gasteiger partial charge is 0.460 e. The molecule has 112 valence electrons. The van der Waals surface area contributed by atoms with Crippen molar-refractivity contribution in [2.45, 2.75) is 26.2 Å². The highest BCUT2D eigenvalue weighted by atomic mass is 16.3. The molecule has 0 aliphatic carbocycles. The van der Waals surface area contributed by atoms with E-state index in [9.17, 15) is 4.79 Å². The van der Waals surface area contributed by atoms with Crippen molar-refractivity contribution in [3.05, 3.63) is 65.9 Å². The third-order valence-electron chi connectivity index (χ3n) is 3.68. The van der Waals surface area contributed by atoms with Crippen LogP contribution in [0.15, 0.2) is 59.0 Å². The third kappa shape index (κ3) is 2.89. The maximum Gasteiger partial charge on any atom is 0.259 e. The molecule has 3 heteroatoms. The van der Waals surface area contributed by atoms with Gasteiger partial charge in [-0.15, -0.1) is 0 Å². The summed E-state index contributed by atoms with van der Waals surface area (Å²) in [5.74, 6) is 0.665. The van der Waals surface area contributed by atoms with Gasteiger partial charge in [0.1, 0.15) is 11.3 Å². The van der Waals surface area contributed by atoms with Crippen LogP contribution >= 0.6 is 0 Å². The molecule has 3 aromatic rings. The first-order chi connectivity index (χ1) is 10.8. The van der Waals surface area contributed by atoms with Crippen molar-refractivity contribution in [3.63, 3.8) is 0 Å². The van der Waals surface area contributed by atoms with Crippen LogP contribution < -0.4 is 5.32 Å². The molecule has 0 atom stereocenters. The Labute approximate surface area is 130 Å². The van der Waals surface area contributed by atoms with E-state index >= 15 is 0 Å². The second-order valence-electron chi connectivity index (χ2n) is 5.32. The number of amides is 1. The van der Waals surface area contributed by atoms with Crippen molar-refractivity contribution in [2.24, 2.45) is 0 Å². The molecule has 2 aromatic carbocycles. The zero-order valence-corrected chi connectivity index (χ0v) is 12.6. The lowest BCUT2D eigenvalue weighted by Crippen LogP contribution is -2.13. The summed E-state index contributed by atoms with van der Waals surface area (Å²) in [6.07, 6.45) is 2.85. The number of carbonyl (C=O) groups excluding carboxylic acids is 1. The Balaban J connectivity index is 1.98. The van der Waals surface area contributed by atoms with Gasteiger partial charge < -0.3 is 9.73 Å². The van der Waals surface area contributed by atoms with Crippen LogP contribution in [0.1, 0.15) is 35.9 Å². The summed E-state index contributed by atoms with van der Waals surface area (Å²) in [7, 11) is 0. The lowest BCUT2D eigenvalue weighted by Gasteiger charge is -2.05. The van der Waals surface area contributed by atoms with Crippen molar-refractivity contribution in [2.75, 3.05) is 5.32 Å². The van der Waals surface area contributed by atoms with Gasteiger partial charge in [-0.25, -0.2) is 0 Å². The summed E-state index contributed by atoms with van der Waals surface area (Å²) in [6.45, 7) is 2.13. The van der Waals surface area contributed by atoms with E-state index in [0.29, 0.717) is 5.56 Å². The molecular formula is C19H19NO2. The molecule has 1 amide bonds. The summed E-state index contributed by atoms with van der Waals surface area (Å²) in [6, 6.07) is 17.2. The number of anilines is 1. The summed E-state index contributed by atoms with van der Waals surface area (Å²) < 4.78 is 5.90. The Morgan fingerprint density at radius 3 is 2.55 bits per heavy atom. The molecule has 3 nitrogen and oxygen atoms in total. The molecule has 1 N–H and O–H groups in total. The maximum absolute atomic E-state index is 12.7. The average molecular weight is 293 g/mol. The van der Waals surface area contributed by atoms with Crippen LogP contribution in [0, 0.1) is 0 Å². The molecule has 0 aliphatic rings. The minimum atomic E-state index is -0.109. The van der Waals surface area contributed by atoms with Gasteiger partial charge in [0.05, 0.1) is 5.56 Å². The van der Waals surface area contributed by atoms with Crippen molar-refractivity contribution < 1.29 is 9.21 Å². The molecule has 0 saturated heterocycles. The van der Waals surface area contributed by atoms with Gasteiger partial charge in [-0.3, -0.25) is 4.79 Å². The van der Waals surface area contributed by atoms with Gasteiger partial charge in [-0.2, -0.15) is 0 Å². The average Bonchev–Trinajstić information content (AvgIpc) is 2.92. The van der Waals surface area contributed by atoms with Gasteiger partial charge in [0.25, 0.3) is 5.91 Å². The zero-order valence-electron chi connectivity index (χ0n) is 12.6. The molecule has 22 heavy (non-hydrogen) atoms. The van der Waals surface area contributed by atoms with Gasteiger partial charge in [-0.1, -0.05) is 49.7 Å². The topological polar surface area (TPSA) is 42.2 Å². The predicted octanol–water partition coefficient (Wildman–Crippen LogP) is 5.03. The minimum absolute atomic E-state index is 0.109. The van der Waals surface area contributed by atoms with Crippen molar-refractivity contribution in [1.29, 1.82) is 0 Å². The molecule has 0 bridgehead atoms. The second kappa shape index (κ2) is 6.48. The predicted molar refractivity (Wildman–Crippen MR) is 89.2 cm³/mol. The highest BCUT2D eigenvalue weighted by Crippen LogP contribution is 2.28. The van der Waals surface area contributed by atoms with E-state index in [-0.39, 0.29) is 5.91 Å². The molecule has 0 aliphatic heterocycles. The zero-order chi connectivity index (χ0) is 15.4. The first-order valence-electron chi connectivity index (χ1n) is 7.66. The van der Waals surface area contributed by atoms with Crippen molar-refractivity contribution in [1.82, 2.24) is 0 Å². The number of benzene rings is 2. The summed E-state index contributed by atoms with van der Waals surface area (Å²) >= 11 is 0. The SMILES string of the molecule is CCCCc1oc2ccccc2c1C(=O)Nc1ccccc1. The standard InChI is InChI=1S/C19H19NO2/c1-2-3-12-17-18(15-11-7-8-13-16(15)22-17)19(21)20-14-9-5-4-6-10-14/h4-11,13H,2-3,12H2,1H3,(H,20,21). The number of unbranched alkanes of at least 4 members (excludes halogenated alkanes) is 1. The Morgan fingerprint density at radius 2 is 1.77 bits per heavy atom. The highest BCUT2D eigenvalue weighted by Gasteiger charge is 2.20. The number of furan rings is 1. The van der Waals surface area contributed by atoms with Crippen LogP contribution in [0.2, 0.25) is 0 Å². The number of hydrogen-bond acceptors (Lipinski definition) is 2.